The SMILES string of the molecule is CC(C)C[C@H](OC(=O)[C@]1(CC[C@]2(C)C(C)CC[C@@H]3[C@@]4(C)CC[C@@H](O)C(C)(C)[C@@H]4CC[C@]32C)CC[C@@H](C(C)C=O)C1)C(=O)OC(C)(C)C. The Kier molecular flexibility index (Phi) is 10.9. The van der Waals surface area contributed by atoms with Crippen molar-refractivity contribution >= 4 is 18.2 Å². The van der Waals surface area contributed by atoms with E-state index in [0.29, 0.717) is 43.4 Å². The summed E-state index contributed by atoms with van der Waals surface area (Å²) in [6, 6.07) is 0. The zero-order valence-corrected chi connectivity index (χ0v) is 32.2. The van der Waals surface area contributed by atoms with Gasteiger partial charge in [0.2, 0.25) is 0 Å². The zero-order valence-electron chi connectivity index (χ0n) is 32.2. The molecular formula is C41H70O6. The molecule has 2 unspecified atom stereocenters. The van der Waals surface area contributed by atoms with Crippen molar-refractivity contribution < 1.29 is 29.0 Å². The second-order valence-electron chi connectivity index (χ2n) is 19.7. The lowest BCUT2D eigenvalue weighted by atomic mass is 9.35. The first-order valence-electron chi connectivity index (χ1n) is 19.1. The number of aliphatic hydroxyl groups excluding tert-OH is 1. The fourth-order valence-electron chi connectivity index (χ4n) is 11.7. The number of fused-ring (bicyclic) bond motifs is 3. The van der Waals surface area contributed by atoms with Crippen LogP contribution >= 0.6 is 0 Å². The normalized spacial score (nSPS) is 41.4. The van der Waals surface area contributed by atoms with Crippen LogP contribution in [0.4, 0.5) is 0 Å². The van der Waals surface area contributed by atoms with Gasteiger partial charge in [0.15, 0.2) is 6.10 Å². The van der Waals surface area contributed by atoms with Crippen LogP contribution in [0.25, 0.3) is 0 Å². The van der Waals surface area contributed by atoms with Crippen molar-refractivity contribution in [3.8, 4) is 0 Å². The van der Waals surface area contributed by atoms with Crippen molar-refractivity contribution in [2.45, 2.75) is 178 Å². The molecular weight excluding hydrogens is 588 g/mol. The van der Waals surface area contributed by atoms with Crippen molar-refractivity contribution in [3.05, 3.63) is 0 Å². The van der Waals surface area contributed by atoms with Gasteiger partial charge in [0, 0.05) is 5.92 Å². The van der Waals surface area contributed by atoms with Crippen molar-refractivity contribution in [1.29, 1.82) is 0 Å². The van der Waals surface area contributed by atoms with E-state index in [2.05, 4.69) is 41.5 Å². The minimum atomic E-state index is -0.938. The lowest BCUT2D eigenvalue weighted by Crippen LogP contribution is -2.64. The minimum Gasteiger partial charge on any atom is -0.457 e. The number of ether oxygens (including phenoxy) is 2. The Morgan fingerprint density at radius 3 is 2.15 bits per heavy atom. The minimum absolute atomic E-state index is 0.0221. The van der Waals surface area contributed by atoms with Crippen LogP contribution in [0.3, 0.4) is 0 Å². The summed E-state index contributed by atoms with van der Waals surface area (Å²) >= 11 is 0. The summed E-state index contributed by atoms with van der Waals surface area (Å²) in [7, 11) is 0. The molecule has 0 aromatic rings. The molecule has 4 rings (SSSR count). The zero-order chi connectivity index (χ0) is 35.4. The van der Waals surface area contributed by atoms with Crippen LogP contribution in [0.15, 0.2) is 0 Å². The summed E-state index contributed by atoms with van der Waals surface area (Å²) in [6.07, 6.45) is 10.7. The largest absolute Gasteiger partial charge is 0.457 e. The first-order chi connectivity index (χ1) is 21.6. The molecule has 0 aromatic carbocycles. The molecule has 0 spiro atoms. The molecule has 0 heterocycles. The van der Waals surface area contributed by atoms with E-state index in [1.165, 1.54) is 12.8 Å². The van der Waals surface area contributed by atoms with Crippen molar-refractivity contribution in [2.75, 3.05) is 0 Å². The average molecular weight is 659 g/mol. The second-order valence-corrected chi connectivity index (χ2v) is 19.7. The van der Waals surface area contributed by atoms with Crippen LogP contribution in [0.1, 0.15) is 160 Å². The van der Waals surface area contributed by atoms with Gasteiger partial charge in [0.05, 0.1) is 11.5 Å². The first kappa shape index (κ1) is 38.4. The van der Waals surface area contributed by atoms with E-state index in [1.807, 2.05) is 41.5 Å². The maximum Gasteiger partial charge on any atom is 0.347 e. The molecule has 0 aromatic heterocycles. The molecule has 6 heteroatoms. The summed E-state index contributed by atoms with van der Waals surface area (Å²) in [5, 5.41) is 11.1. The van der Waals surface area contributed by atoms with Gasteiger partial charge in [0.1, 0.15) is 11.9 Å². The molecule has 4 aliphatic carbocycles. The third-order valence-corrected chi connectivity index (χ3v) is 15.1. The number of aldehydes is 1. The first-order valence-corrected chi connectivity index (χ1v) is 19.1. The molecule has 0 saturated heterocycles. The molecule has 4 fully saturated rings. The fourth-order valence-corrected chi connectivity index (χ4v) is 11.7. The lowest BCUT2D eigenvalue weighted by molar-refractivity contribution is -0.225. The smallest absolute Gasteiger partial charge is 0.347 e. The molecule has 0 amide bonds. The summed E-state index contributed by atoms with van der Waals surface area (Å²) < 4.78 is 12.0. The molecule has 4 saturated carbocycles. The van der Waals surface area contributed by atoms with E-state index >= 15 is 0 Å². The molecule has 270 valence electrons. The highest BCUT2D eigenvalue weighted by molar-refractivity contribution is 5.83. The standard InChI is InChI=1S/C41H70O6/c1-26(2)23-30(34(44)47-36(5,6)7)46-35(45)41(20-15-29(24-41)27(3)25-42)22-21-39(11)28(4)13-14-32-38(10)18-17-33(43)37(8,9)31(38)16-19-40(32,39)12/h25-33,43H,13-24H2,1-12H3/t27?,28?,29-,30+,31+,32-,33-,38+,39-,40-,41+/m1/s1. The second kappa shape index (κ2) is 13.4. The Balaban J connectivity index is 1.65. The Labute approximate surface area is 287 Å². The third-order valence-electron chi connectivity index (χ3n) is 15.1. The quantitative estimate of drug-likeness (QED) is 0.186. The molecule has 0 bridgehead atoms. The van der Waals surface area contributed by atoms with Crippen molar-refractivity contribution in [3.63, 3.8) is 0 Å². The number of hydrogen-bond acceptors (Lipinski definition) is 6. The maximum atomic E-state index is 14.5. The van der Waals surface area contributed by atoms with E-state index in [9.17, 15) is 19.5 Å². The topological polar surface area (TPSA) is 89.9 Å². The van der Waals surface area contributed by atoms with Crippen LogP contribution in [0, 0.1) is 62.6 Å². The molecule has 0 radical (unpaired) electrons. The number of carbonyl (C=O) groups excluding carboxylic acids is 3. The van der Waals surface area contributed by atoms with Crippen LogP contribution in [0.2, 0.25) is 0 Å². The number of carbonyl (C=O) groups is 3. The molecule has 47 heavy (non-hydrogen) atoms. The predicted octanol–water partition coefficient (Wildman–Crippen LogP) is 9.34. The van der Waals surface area contributed by atoms with E-state index in [4.69, 9.17) is 9.47 Å². The van der Waals surface area contributed by atoms with Crippen LogP contribution in [0.5, 0.6) is 0 Å². The summed E-state index contributed by atoms with van der Waals surface area (Å²) in [4.78, 5) is 39.7. The van der Waals surface area contributed by atoms with E-state index in [0.717, 1.165) is 44.8 Å². The number of rotatable bonds is 10. The maximum absolute atomic E-state index is 14.5. The van der Waals surface area contributed by atoms with Gasteiger partial charge in [-0.1, -0.05) is 62.3 Å². The van der Waals surface area contributed by atoms with Gasteiger partial charge >= 0.3 is 11.9 Å². The number of esters is 2. The summed E-state index contributed by atoms with van der Waals surface area (Å²) in [6.45, 7) is 26.2. The third kappa shape index (κ3) is 6.98. The monoisotopic (exact) mass is 659 g/mol. The highest BCUT2D eigenvalue weighted by atomic mass is 16.6. The van der Waals surface area contributed by atoms with Gasteiger partial charge in [-0.25, -0.2) is 4.79 Å². The van der Waals surface area contributed by atoms with Gasteiger partial charge < -0.3 is 19.4 Å². The Morgan fingerprint density at radius 1 is 0.894 bits per heavy atom. The van der Waals surface area contributed by atoms with Gasteiger partial charge in [0.25, 0.3) is 0 Å². The van der Waals surface area contributed by atoms with Crippen LogP contribution in [-0.2, 0) is 23.9 Å². The van der Waals surface area contributed by atoms with Gasteiger partial charge in [-0.2, -0.15) is 0 Å². The van der Waals surface area contributed by atoms with Crippen molar-refractivity contribution in [2.24, 2.45) is 62.6 Å². The predicted molar refractivity (Wildman–Crippen MR) is 187 cm³/mol. The Morgan fingerprint density at radius 2 is 1.55 bits per heavy atom. The van der Waals surface area contributed by atoms with Crippen LogP contribution < -0.4 is 0 Å². The lowest BCUT2D eigenvalue weighted by Gasteiger charge is -2.70. The van der Waals surface area contributed by atoms with Crippen LogP contribution in [-0.4, -0.2) is 41.1 Å². The molecule has 4 aliphatic rings. The van der Waals surface area contributed by atoms with Crippen molar-refractivity contribution in [1.82, 2.24) is 0 Å². The average Bonchev–Trinajstić information content (AvgIpc) is 3.41. The Hall–Kier alpha value is -1.43. The van der Waals surface area contributed by atoms with Gasteiger partial charge in [-0.05, 0) is 149 Å². The Bertz CT molecular complexity index is 1150. The highest BCUT2D eigenvalue weighted by Gasteiger charge is 2.66. The number of hydrogen-bond donors (Lipinski definition) is 1. The highest BCUT2D eigenvalue weighted by Crippen LogP contribution is 2.73. The van der Waals surface area contributed by atoms with Gasteiger partial charge in [-0.3, -0.25) is 4.79 Å². The van der Waals surface area contributed by atoms with Gasteiger partial charge in [-0.15, -0.1) is 0 Å². The summed E-state index contributed by atoms with van der Waals surface area (Å²) in [5.74, 6) is 1.01. The molecule has 1 N–H and O–H groups in total. The molecule has 6 nitrogen and oxygen atoms in total. The molecule has 0 aliphatic heterocycles. The number of aliphatic hydroxyl groups is 1. The van der Waals surface area contributed by atoms with E-state index < -0.39 is 23.1 Å². The van der Waals surface area contributed by atoms with E-state index in [1.54, 1.807) is 0 Å². The molecule has 11 atom stereocenters. The fraction of sp³-hybridized carbons (Fsp3) is 0.927. The van der Waals surface area contributed by atoms with E-state index in [-0.39, 0.29) is 51.5 Å². The summed E-state index contributed by atoms with van der Waals surface area (Å²) in [5.41, 5.74) is -1.16.